The Kier molecular flexibility index (Phi) is 2.35. The van der Waals surface area contributed by atoms with Crippen LogP contribution < -0.4 is 0 Å². The second-order valence-corrected chi connectivity index (χ2v) is 6.31. The predicted octanol–water partition coefficient (Wildman–Crippen LogP) is 5.18. The normalized spacial score (nSPS) is 11.9. The Labute approximate surface area is 134 Å². The zero-order chi connectivity index (χ0) is 14.7. The highest BCUT2D eigenvalue weighted by Crippen LogP contribution is 2.29. The number of hydrogen-bond acceptors (Lipinski definition) is 2. The third-order valence-corrected chi connectivity index (χ3v) is 4.54. The summed E-state index contributed by atoms with van der Waals surface area (Å²) in [5.74, 6) is 0. The Balaban J connectivity index is 2.03. The fraction of sp³-hybridized carbons (Fsp3) is 0. The van der Waals surface area contributed by atoms with Gasteiger partial charge in [0.1, 0.15) is 5.52 Å². The molecule has 0 saturated carbocycles. The van der Waals surface area contributed by atoms with Crippen LogP contribution in [-0.4, -0.2) is 15.0 Å². The second kappa shape index (κ2) is 4.27. The molecule has 0 saturated heterocycles. The molecule has 0 spiro atoms. The summed E-state index contributed by atoms with van der Waals surface area (Å²) in [6.45, 7) is 0. The molecule has 0 aliphatic heterocycles. The smallest absolute Gasteiger partial charge is 0.157 e. The number of benzene rings is 3. The number of aromatic nitrogens is 3. The van der Waals surface area contributed by atoms with E-state index in [-0.39, 0.29) is 0 Å². The summed E-state index contributed by atoms with van der Waals surface area (Å²) in [7, 11) is 0. The molecule has 0 fully saturated rings. The fourth-order valence-electron chi connectivity index (χ4n) is 3.01. The molecule has 104 valence electrons. The number of rotatable bonds is 0. The Morgan fingerprint density at radius 1 is 0.818 bits per heavy atom. The van der Waals surface area contributed by atoms with Crippen LogP contribution in [0.4, 0.5) is 0 Å². The molecule has 1 N–H and O–H groups in total. The lowest BCUT2D eigenvalue weighted by Gasteiger charge is -2.02. The van der Waals surface area contributed by atoms with Crippen molar-refractivity contribution in [2.45, 2.75) is 0 Å². The van der Waals surface area contributed by atoms with Crippen LogP contribution in [0.5, 0.6) is 0 Å². The average molecular weight is 348 g/mol. The lowest BCUT2D eigenvalue weighted by Crippen LogP contribution is -1.87. The number of aromatic amines is 1. The van der Waals surface area contributed by atoms with E-state index in [1.807, 2.05) is 30.3 Å². The van der Waals surface area contributed by atoms with Crippen molar-refractivity contribution in [3.63, 3.8) is 0 Å². The summed E-state index contributed by atoms with van der Waals surface area (Å²) < 4.78 is 1.04. The van der Waals surface area contributed by atoms with Crippen LogP contribution >= 0.6 is 15.9 Å². The SMILES string of the molecule is Brc1ccc2[nH]c3nc4ccc5ccccc5c4nc3c2c1. The van der Waals surface area contributed by atoms with E-state index in [9.17, 15) is 0 Å². The molecule has 0 radical (unpaired) electrons. The van der Waals surface area contributed by atoms with Gasteiger partial charge in [-0.25, -0.2) is 9.97 Å². The number of hydrogen-bond donors (Lipinski definition) is 1. The number of nitrogens with one attached hydrogen (secondary N) is 1. The molecule has 0 amide bonds. The molecule has 5 aromatic rings. The molecule has 2 aromatic heterocycles. The Morgan fingerprint density at radius 3 is 2.68 bits per heavy atom. The molecule has 5 rings (SSSR count). The van der Waals surface area contributed by atoms with Gasteiger partial charge < -0.3 is 4.98 Å². The van der Waals surface area contributed by atoms with Gasteiger partial charge in [0.15, 0.2) is 5.65 Å². The maximum Gasteiger partial charge on any atom is 0.157 e. The van der Waals surface area contributed by atoms with E-state index in [4.69, 9.17) is 9.97 Å². The zero-order valence-electron chi connectivity index (χ0n) is 11.5. The van der Waals surface area contributed by atoms with E-state index < -0.39 is 0 Å². The summed E-state index contributed by atoms with van der Waals surface area (Å²) >= 11 is 3.53. The molecule has 0 aliphatic rings. The van der Waals surface area contributed by atoms with Gasteiger partial charge in [0.05, 0.1) is 11.0 Å². The van der Waals surface area contributed by atoms with Gasteiger partial charge in [-0.3, -0.25) is 0 Å². The summed E-state index contributed by atoms with van der Waals surface area (Å²) in [4.78, 5) is 13.0. The van der Waals surface area contributed by atoms with E-state index >= 15 is 0 Å². The second-order valence-electron chi connectivity index (χ2n) is 5.39. The minimum Gasteiger partial charge on any atom is -0.338 e. The lowest BCUT2D eigenvalue weighted by atomic mass is 10.1. The molecule has 0 bridgehead atoms. The van der Waals surface area contributed by atoms with Crippen LogP contribution in [0, 0.1) is 0 Å². The van der Waals surface area contributed by atoms with Crippen LogP contribution in [0.1, 0.15) is 0 Å². The summed E-state index contributed by atoms with van der Waals surface area (Å²) in [5.41, 5.74) is 4.66. The predicted molar refractivity (Wildman–Crippen MR) is 94.1 cm³/mol. The largest absolute Gasteiger partial charge is 0.338 e. The molecular formula is C18H10BrN3. The first-order chi connectivity index (χ1) is 10.8. The van der Waals surface area contributed by atoms with E-state index in [0.717, 1.165) is 43.0 Å². The molecule has 3 aromatic carbocycles. The molecule has 0 unspecified atom stereocenters. The highest BCUT2D eigenvalue weighted by atomic mass is 79.9. The Bertz CT molecular complexity index is 1190. The minimum absolute atomic E-state index is 0.830. The molecule has 4 heteroatoms. The first kappa shape index (κ1) is 12.1. The van der Waals surface area contributed by atoms with Gasteiger partial charge in [-0.05, 0) is 29.7 Å². The van der Waals surface area contributed by atoms with Crippen molar-refractivity contribution in [3.05, 3.63) is 59.1 Å². The molecular weight excluding hydrogens is 338 g/mol. The third-order valence-electron chi connectivity index (χ3n) is 4.05. The first-order valence-corrected chi connectivity index (χ1v) is 7.85. The van der Waals surface area contributed by atoms with Crippen molar-refractivity contribution in [3.8, 4) is 0 Å². The Hall–Kier alpha value is -2.46. The summed E-state index contributed by atoms with van der Waals surface area (Å²) in [6, 6.07) is 18.6. The summed E-state index contributed by atoms with van der Waals surface area (Å²) in [5, 5.41) is 3.41. The Morgan fingerprint density at radius 2 is 1.73 bits per heavy atom. The van der Waals surface area contributed by atoms with E-state index in [0.29, 0.717) is 0 Å². The first-order valence-electron chi connectivity index (χ1n) is 7.06. The molecule has 0 aliphatic carbocycles. The van der Waals surface area contributed by atoms with Crippen LogP contribution in [-0.2, 0) is 0 Å². The maximum absolute atomic E-state index is 4.92. The number of fused-ring (bicyclic) bond motifs is 6. The monoisotopic (exact) mass is 347 g/mol. The van der Waals surface area contributed by atoms with Crippen molar-refractivity contribution in [1.82, 2.24) is 15.0 Å². The molecule has 3 nitrogen and oxygen atoms in total. The van der Waals surface area contributed by atoms with Gasteiger partial charge >= 0.3 is 0 Å². The van der Waals surface area contributed by atoms with Crippen molar-refractivity contribution >= 4 is 59.8 Å². The van der Waals surface area contributed by atoms with Crippen LogP contribution in [0.15, 0.2) is 59.1 Å². The maximum atomic E-state index is 4.92. The third kappa shape index (κ3) is 1.61. The van der Waals surface area contributed by atoms with Gasteiger partial charge in [-0.1, -0.05) is 46.3 Å². The average Bonchev–Trinajstić information content (AvgIpc) is 2.90. The number of nitrogens with zero attached hydrogens (tertiary/aromatic N) is 2. The van der Waals surface area contributed by atoms with Crippen LogP contribution in [0.25, 0.3) is 43.9 Å². The molecule has 2 heterocycles. The standard InChI is InChI=1S/C18H10BrN3/c19-11-6-8-14-13(9-11)17-18(20-14)21-15-7-5-10-3-1-2-4-12(10)16(15)22-17/h1-9H,(H,20,21). The van der Waals surface area contributed by atoms with Crippen molar-refractivity contribution in [2.24, 2.45) is 0 Å². The quantitative estimate of drug-likeness (QED) is 0.392. The van der Waals surface area contributed by atoms with Gasteiger partial charge in [-0.2, -0.15) is 0 Å². The van der Waals surface area contributed by atoms with E-state index in [2.05, 4.69) is 45.2 Å². The van der Waals surface area contributed by atoms with Gasteiger partial charge in [0.25, 0.3) is 0 Å². The van der Waals surface area contributed by atoms with Gasteiger partial charge in [-0.15, -0.1) is 0 Å². The topological polar surface area (TPSA) is 41.6 Å². The van der Waals surface area contributed by atoms with Gasteiger partial charge in [0.2, 0.25) is 0 Å². The molecule has 0 atom stereocenters. The highest BCUT2D eigenvalue weighted by molar-refractivity contribution is 9.10. The van der Waals surface area contributed by atoms with Crippen molar-refractivity contribution < 1.29 is 0 Å². The number of halogens is 1. The van der Waals surface area contributed by atoms with Crippen molar-refractivity contribution in [2.75, 3.05) is 0 Å². The van der Waals surface area contributed by atoms with E-state index in [1.165, 1.54) is 5.39 Å². The fourth-order valence-corrected chi connectivity index (χ4v) is 3.37. The zero-order valence-corrected chi connectivity index (χ0v) is 13.1. The van der Waals surface area contributed by atoms with Crippen molar-refractivity contribution in [1.29, 1.82) is 0 Å². The molecule has 22 heavy (non-hydrogen) atoms. The summed E-state index contributed by atoms with van der Waals surface area (Å²) in [6.07, 6.45) is 0. The van der Waals surface area contributed by atoms with Gasteiger partial charge in [0, 0.05) is 20.8 Å². The van der Waals surface area contributed by atoms with Crippen LogP contribution in [0.2, 0.25) is 0 Å². The lowest BCUT2D eigenvalue weighted by molar-refractivity contribution is 1.36. The minimum atomic E-state index is 0.830. The highest BCUT2D eigenvalue weighted by Gasteiger charge is 2.10. The number of H-pyrrole nitrogens is 1. The van der Waals surface area contributed by atoms with E-state index in [1.54, 1.807) is 0 Å². The van der Waals surface area contributed by atoms with Crippen LogP contribution in [0.3, 0.4) is 0 Å².